The van der Waals surface area contributed by atoms with Gasteiger partial charge in [-0.05, 0) is 19.4 Å². The Labute approximate surface area is 115 Å². The lowest BCUT2D eigenvalue weighted by atomic mass is 10.0. The second-order valence-corrected chi connectivity index (χ2v) is 4.85. The van der Waals surface area contributed by atoms with E-state index in [1.807, 2.05) is 30.3 Å². The van der Waals surface area contributed by atoms with Gasteiger partial charge in [0.1, 0.15) is 0 Å². The molecule has 0 spiro atoms. The van der Waals surface area contributed by atoms with Crippen molar-refractivity contribution in [3.05, 3.63) is 35.9 Å². The number of hydrogen-bond acceptors (Lipinski definition) is 3. The first-order valence-corrected chi connectivity index (χ1v) is 6.57. The fourth-order valence-corrected chi connectivity index (χ4v) is 2.24. The number of hydrogen-bond donors (Lipinski definition) is 1. The van der Waals surface area contributed by atoms with E-state index in [1.54, 1.807) is 7.11 Å². The number of nitrogens with zero attached hydrogens (tertiary/aromatic N) is 1. The van der Waals surface area contributed by atoms with Gasteiger partial charge in [-0.25, -0.2) is 0 Å². The topological polar surface area (TPSA) is 49.8 Å². The first-order valence-electron chi connectivity index (χ1n) is 6.57. The smallest absolute Gasteiger partial charge is 0.305 e. The van der Waals surface area contributed by atoms with Crippen LogP contribution < -0.4 is 0 Å². The third kappa shape index (κ3) is 5.01. The maximum Gasteiger partial charge on any atom is 0.305 e. The van der Waals surface area contributed by atoms with Gasteiger partial charge in [-0.3, -0.25) is 9.69 Å². The summed E-state index contributed by atoms with van der Waals surface area (Å²) in [5.74, 6) is -0.781. The molecule has 0 saturated carbocycles. The fraction of sp³-hybridized carbons (Fsp3) is 0.533. The molecular weight excluding hydrogens is 242 g/mol. The first kappa shape index (κ1) is 15.7. The molecule has 106 valence electrons. The van der Waals surface area contributed by atoms with Crippen molar-refractivity contribution in [3.63, 3.8) is 0 Å². The molecule has 0 aliphatic carbocycles. The van der Waals surface area contributed by atoms with Crippen molar-refractivity contribution < 1.29 is 14.6 Å². The molecule has 0 saturated heterocycles. The number of aliphatic carboxylic acids is 1. The van der Waals surface area contributed by atoms with Crippen molar-refractivity contribution in [1.29, 1.82) is 0 Å². The maximum absolute atomic E-state index is 11.1. The van der Waals surface area contributed by atoms with Crippen LogP contribution in [0.5, 0.6) is 0 Å². The van der Waals surface area contributed by atoms with E-state index in [-0.39, 0.29) is 18.5 Å². The van der Waals surface area contributed by atoms with Gasteiger partial charge in [0.05, 0.1) is 13.0 Å². The molecule has 4 nitrogen and oxygen atoms in total. The van der Waals surface area contributed by atoms with Gasteiger partial charge >= 0.3 is 5.97 Å². The molecule has 0 bridgehead atoms. The third-order valence-electron chi connectivity index (χ3n) is 3.17. The van der Waals surface area contributed by atoms with E-state index in [4.69, 9.17) is 9.84 Å². The molecule has 1 aromatic carbocycles. The van der Waals surface area contributed by atoms with E-state index in [1.165, 1.54) is 0 Å². The second-order valence-electron chi connectivity index (χ2n) is 4.85. The molecule has 0 fully saturated rings. The van der Waals surface area contributed by atoms with Crippen LogP contribution in [0.3, 0.4) is 0 Å². The van der Waals surface area contributed by atoms with Gasteiger partial charge in [0.15, 0.2) is 0 Å². The van der Waals surface area contributed by atoms with Crippen LogP contribution >= 0.6 is 0 Å². The van der Waals surface area contributed by atoms with Gasteiger partial charge in [0.2, 0.25) is 0 Å². The summed E-state index contributed by atoms with van der Waals surface area (Å²) in [6, 6.07) is 9.94. The van der Waals surface area contributed by atoms with Crippen LogP contribution in [0.4, 0.5) is 0 Å². The van der Waals surface area contributed by atoms with Crippen LogP contribution in [0.1, 0.15) is 31.9 Å². The zero-order chi connectivity index (χ0) is 14.3. The molecule has 0 aromatic heterocycles. The summed E-state index contributed by atoms with van der Waals surface area (Å²) in [5.41, 5.74) is 1.04. The molecule has 1 N–H and O–H groups in total. The van der Waals surface area contributed by atoms with Gasteiger partial charge in [-0.15, -0.1) is 0 Å². The molecule has 1 unspecified atom stereocenters. The van der Waals surface area contributed by atoms with Crippen LogP contribution in [0.25, 0.3) is 0 Å². The van der Waals surface area contributed by atoms with Gasteiger partial charge in [0.25, 0.3) is 0 Å². The summed E-state index contributed by atoms with van der Waals surface area (Å²) in [7, 11) is 1.66. The summed E-state index contributed by atoms with van der Waals surface area (Å²) in [6.45, 7) is 5.48. The van der Waals surface area contributed by atoms with Gasteiger partial charge in [0, 0.05) is 25.7 Å². The van der Waals surface area contributed by atoms with E-state index in [0.29, 0.717) is 6.61 Å². The van der Waals surface area contributed by atoms with Gasteiger partial charge < -0.3 is 9.84 Å². The minimum absolute atomic E-state index is 0.103. The monoisotopic (exact) mass is 265 g/mol. The SMILES string of the molecule is COCCN(C(C)C)C(CC(=O)O)c1ccccc1. The van der Waals surface area contributed by atoms with Crippen molar-refractivity contribution in [1.82, 2.24) is 4.90 Å². The Bertz CT molecular complexity index is 378. The Hall–Kier alpha value is -1.39. The van der Waals surface area contributed by atoms with E-state index in [0.717, 1.165) is 12.1 Å². The van der Waals surface area contributed by atoms with E-state index in [2.05, 4.69) is 18.7 Å². The normalized spacial score (nSPS) is 12.9. The highest BCUT2D eigenvalue weighted by Gasteiger charge is 2.24. The molecule has 0 amide bonds. The van der Waals surface area contributed by atoms with Crippen LogP contribution in [-0.4, -0.2) is 42.3 Å². The standard InChI is InChI=1S/C15H23NO3/c1-12(2)16(9-10-19-3)14(11-15(17)18)13-7-5-4-6-8-13/h4-8,12,14H,9-11H2,1-3H3,(H,17,18). The number of carboxylic acid groups (broad SMARTS) is 1. The summed E-state index contributed by atoms with van der Waals surface area (Å²) in [4.78, 5) is 13.3. The molecule has 1 rings (SSSR count). The zero-order valence-corrected chi connectivity index (χ0v) is 11.9. The molecule has 0 aliphatic heterocycles. The Morgan fingerprint density at radius 3 is 2.42 bits per heavy atom. The molecule has 4 heteroatoms. The predicted molar refractivity (Wildman–Crippen MR) is 75.2 cm³/mol. The van der Waals surface area contributed by atoms with Crippen molar-refractivity contribution in [3.8, 4) is 0 Å². The average molecular weight is 265 g/mol. The number of benzene rings is 1. The Balaban J connectivity index is 2.95. The average Bonchev–Trinajstić information content (AvgIpc) is 2.38. The fourth-order valence-electron chi connectivity index (χ4n) is 2.24. The summed E-state index contributed by atoms with van der Waals surface area (Å²) < 4.78 is 5.12. The summed E-state index contributed by atoms with van der Waals surface area (Å²) in [5, 5.41) is 9.14. The van der Waals surface area contributed by atoms with Crippen molar-refractivity contribution in [2.24, 2.45) is 0 Å². The summed E-state index contributed by atoms with van der Waals surface area (Å²) in [6.07, 6.45) is 0.103. The largest absolute Gasteiger partial charge is 0.481 e. The van der Waals surface area contributed by atoms with E-state index in [9.17, 15) is 4.79 Å². The van der Waals surface area contributed by atoms with Crippen molar-refractivity contribution >= 4 is 5.97 Å². The Kier molecular flexibility index (Phi) is 6.53. The highest BCUT2D eigenvalue weighted by molar-refractivity contribution is 5.68. The highest BCUT2D eigenvalue weighted by Crippen LogP contribution is 2.26. The zero-order valence-electron chi connectivity index (χ0n) is 11.9. The number of carbonyl (C=O) groups is 1. The molecule has 19 heavy (non-hydrogen) atoms. The minimum Gasteiger partial charge on any atom is -0.481 e. The predicted octanol–water partition coefficient (Wildman–Crippen LogP) is 2.56. The second kappa shape index (κ2) is 7.92. The first-order chi connectivity index (χ1) is 9.06. The molecular formula is C15H23NO3. The van der Waals surface area contributed by atoms with E-state index >= 15 is 0 Å². The molecule has 1 aromatic rings. The Morgan fingerprint density at radius 1 is 1.32 bits per heavy atom. The summed E-state index contributed by atoms with van der Waals surface area (Å²) >= 11 is 0. The van der Waals surface area contributed by atoms with Crippen LogP contribution in [0.15, 0.2) is 30.3 Å². The number of rotatable bonds is 8. The highest BCUT2D eigenvalue weighted by atomic mass is 16.5. The molecule has 0 aliphatic rings. The van der Waals surface area contributed by atoms with Gasteiger partial charge in [-0.1, -0.05) is 30.3 Å². The molecule has 0 heterocycles. The number of methoxy groups -OCH3 is 1. The lowest BCUT2D eigenvalue weighted by Gasteiger charge is -2.34. The number of ether oxygens (including phenoxy) is 1. The van der Waals surface area contributed by atoms with Crippen LogP contribution in [0.2, 0.25) is 0 Å². The van der Waals surface area contributed by atoms with Crippen molar-refractivity contribution in [2.75, 3.05) is 20.3 Å². The molecule has 1 atom stereocenters. The quantitative estimate of drug-likeness (QED) is 0.785. The minimum atomic E-state index is -0.781. The van der Waals surface area contributed by atoms with Crippen LogP contribution in [-0.2, 0) is 9.53 Å². The maximum atomic E-state index is 11.1. The van der Waals surface area contributed by atoms with Crippen molar-refractivity contribution in [2.45, 2.75) is 32.4 Å². The van der Waals surface area contributed by atoms with Gasteiger partial charge in [-0.2, -0.15) is 0 Å². The number of carboxylic acids is 1. The molecule has 0 radical (unpaired) electrons. The lowest BCUT2D eigenvalue weighted by molar-refractivity contribution is -0.138. The third-order valence-corrected chi connectivity index (χ3v) is 3.17. The van der Waals surface area contributed by atoms with Crippen LogP contribution in [0, 0.1) is 0 Å². The Morgan fingerprint density at radius 2 is 1.95 bits per heavy atom. The van der Waals surface area contributed by atoms with E-state index < -0.39 is 5.97 Å². The lowest BCUT2D eigenvalue weighted by Crippen LogP contribution is -2.38.